The number of hydrogen-bond donors (Lipinski definition) is 4. The van der Waals surface area contributed by atoms with Gasteiger partial charge in [-0.25, -0.2) is 4.79 Å². The molecule has 0 bridgehead atoms. The standard InChI is InChI=1S/C16H17N3O4S.CH4O.ClH/c1-8-7-24-15-11(14(21)19(15)12(8)16(22)23)18-13(20)10(17)9-5-3-2-4-6-9;1-2;/h2-6,10-11,15H,7,17H2,1H3,(H,18,20)(H,22,23);2H,1H3;1H/t10-,11-,15-;;/m1../s1. The number of halogens is 1. The van der Waals surface area contributed by atoms with Gasteiger partial charge in [-0.2, -0.15) is 0 Å². The number of carboxylic acid groups (broad SMARTS) is 1. The summed E-state index contributed by atoms with van der Waals surface area (Å²) in [4.78, 5) is 37.2. The third kappa shape index (κ3) is 4.44. The highest BCUT2D eigenvalue weighted by atomic mass is 35.5. The Kier molecular flexibility index (Phi) is 8.29. The van der Waals surface area contributed by atoms with E-state index in [0.717, 1.165) is 7.11 Å². The van der Waals surface area contributed by atoms with E-state index in [1.807, 2.05) is 6.07 Å². The lowest BCUT2D eigenvalue weighted by molar-refractivity contribution is -0.150. The molecule has 3 atom stereocenters. The summed E-state index contributed by atoms with van der Waals surface area (Å²) in [5.74, 6) is -1.50. The maximum absolute atomic E-state index is 12.3. The lowest BCUT2D eigenvalue weighted by Gasteiger charge is -2.49. The molecule has 10 heteroatoms. The van der Waals surface area contributed by atoms with Crippen LogP contribution in [0.2, 0.25) is 0 Å². The number of hydrogen-bond acceptors (Lipinski definition) is 6. The number of thioether (sulfide) groups is 1. The summed E-state index contributed by atoms with van der Waals surface area (Å²) in [7, 11) is 1.00. The first-order valence-electron chi connectivity index (χ1n) is 7.85. The molecule has 2 aliphatic rings. The Morgan fingerprint density at radius 2 is 1.89 bits per heavy atom. The van der Waals surface area contributed by atoms with Crippen LogP contribution in [0.25, 0.3) is 0 Å². The van der Waals surface area contributed by atoms with E-state index in [9.17, 15) is 19.5 Å². The van der Waals surface area contributed by atoms with Gasteiger partial charge in [0.25, 0.3) is 5.91 Å². The van der Waals surface area contributed by atoms with Crippen molar-refractivity contribution in [3.63, 3.8) is 0 Å². The molecule has 2 aliphatic heterocycles. The number of amides is 2. The van der Waals surface area contributed by atoms with Crippen molar-refractivity contribution < 1.29 is 24.6 Å². The van der Waals surface area contributed by atoms with Gasteiger partial charge in [0.15, 0.2) is 0 Å². The van der Waals surface area contributed by atoms with E-state index in [1.54, 1.807) is 31.2 Å². The lowest BCUT2D eigenvalue weighted by atomic mass is 10.0. The number of aliphatic carboxylic acids is 1. The molecule has 5 N–H and O–H groups in total. The molecule has 1 aromatic carbocycles. The van der Waals surface area contributed by atoms with Crippen molar-refractivity contribution in [3.8, 4) is 0 Å². The molecule has 3 rings (SSSR count). The fraction of sp³-hybridized carbons (Fsp3) is 0.353. The second-order valence-corrected chi connectivity index (χ2v) is 6.82. The zero-order chi connectivity index (χ0) is 19.4. The van der Waals surface area contributed by atoms with Crippen LogP contribution in [-0.2, 0) is 14.4 Å². The Morgan fingerprint density at radius 3 is 2.44 bits per heavy atom. The minimum absolute atomic E-state index is 0. The van der Waals surface area contributed by atoms with E-state index in [-0.39, 0.29) is 18.1 Å². The molecule has 148 valence electrons. The first kappa shape index (κ1) is 23.0. The summed E-state index contributed by atoms with van der Waals surface area (Å²) in [6, 6.07) is 7.23. The number of fused-ring (bicyclic) bond motifs is 1. The molecule has 1 fully saturated rings. The molecule has 0 spiro atoms. The van der Waals surface area contributed by atoms with Gasteiger partial charge < -0.3 is 21.3 Å². The van der Waals surface area contributed by atoms with Gasteiger partial charge >= 0.3 is 5.97 Å². The van der Waals surface area contributed by atoms with Gasteiger partial charge in [-0.1, -0.05) is 30.3 Å². The third-order valence-corrected chi connectivity index (χ3v) is 5.52. The van der Waals surface area contributed by atoms with Crippen LogP contribution in [0.1, 0.15) is 18.5 Å². The molecule has 0 unspecified atom stereocenters. The van der Waals surface area contributed by atoms with Crippen LogP contribution in [0, 0.1) is 0 Å². The Bertz CT molecular complexity index is 743. The number of benzene rings is 1. The SMILES string of the molecule is CC1=C(C(=O)O)N2C(=O)[C@@H](NC(=O)[C@H](N)c3ccccc3)[C@H]2SC1.CO.Cl. The molecule has 2 heterocycles. The Labute approximate surface area is 167 Å². The third-order valence-electron chi connectivity index (χ3n) is 4.10. The van der Waals surface area contributed by atoms with Crippen molar-refractivity contribution in [2.24, 2.45) is 5.73 Å². The minimum atomic E-state index is -1.13. The number of carbonyl (C=O) groups is 3. The molecule has 0 aliphatic carbocycles. The molecular formula is C17H22ClN3O5S. The smallest absolute Gasteiger partial charge is 0.352 e. The van der Waals surface area contributed by atoms with E-state index in [0.29, 0.717) is 16.9 Å². The van der Waals surface area contributed by atoms with Crippen molar-refractivity contribution >= 4 is 42.0 Å². The lowest BCUT2D eigenvalue weighted by Crippen LogP contribution is -2.71. The molecule has 2 amide bonds. The van der Waals surface area contributed by atoms with Gasteiger partial charge in [-0.3, -0.25) is 14.5 Å². The van der Waals surface area contributed by atoms with Gasteiger partial charge in [-0.15, -0.1) is 24.2 Å². The summed E-state index contributed by atoms with van der Waals surface area (Å²) < 4.78 is 0. The van der Waals surface area contributed by atoms with Crippen LogP contribution >= 0.6 is 24.2 Å². The molecule has 0 radical (unpaired) electrons. The fourth-order valence-electron chi connectivity index (χ4n) is 2.83. The Balaban J connectivity index is 0.00000118. The van der Waals surface area contributed by atoms with E-state index < -0.39 is 35.2 Å². The van der Waals surface area contributed by atoms with Crippen LogP contribution in [0.4, 0.5) is 0 Å². The number of aliphatic hydroxyl groups is 1. The van der Waals surface area contributed by atoms with Crippen molar-refractivity contribution in [1.82, 2.24) is 10.2 Å². The monoisotopic (exact) mass is 415 g/mol. The molecule has 1 aromatic rings. The van der Waals surface area contributed by atoms with Gasteiger partial charge in [-0.05, 0) is 18.1 Å². The Hall–Kier alpha value is -2.07. The number of β-lactam (4-membered cyclic amide) rings is 1. The average Bonchev–Trinajstić information content (AvgIpc) is 2.67. The quantitative estimate of drug-likeness (QED) is 0.525. The average molecular weight is 416 g/mol. The van der Waals surface area contributed by atoms with Crippen molar-refractivity contribution in [3.05, 3.63) is 47.2 Å². The van der Waals surface area contributed by atoms with E-state index >= 15 is 0 Å². The molecule has 1 saturated heterocycles. The second-order valence-electron chi connectivity index (χ2n) is 5.72. The van der Waals surface area contributed by atoms with E-state index in [4.69, 9.17) is 10.8 Å². The van der Waals surface area contributed by atoms with Crippen LogP contribution in [-0.4, -0.2) is 57.2 Å². The minimum Gasteiger partial charge on any atom is -0.477 e. The van der Waals surface area contributed by atoms with Crippen molar-refractivity contribution in [2.45, 2.75) is 24.4 Å². The maximum Gasteiger partial charge on any atom is 0.352 e. The van der Waals surface area contributed by atoms with Gasteiger partial charge in [0.2, 0.25) is 5.91 Å². The molecule has 0 saturated carbocycles. The first-order valence-corrected chi connectivity index (χ1v) is 8.90. The zero-order valence-electron chi connectivity index (χ0n) is 14.8. The van der Waals surface area contributed by atoms with Gasteiger partial charge in [0.05, 0.1) is 0 Å². The number of carbonyl (C=O) groups excluding carboxylic acids is 2. The zero-order valence-corrected chi connectivity index (χ0v) is 16.4. The van der Waals surface area contributed by atoms with E-state index in [1.165, 1.54) is 16.7 Å². The Morgan fingerprint density at radius 1 is 1.30 bits per heavy atom. The van der Waals surface area contributed by atoms with Crippen LogP contribution < -0.4 is 11.1 Å². The normalized spacial score (nSPS) is 21.6. The largest absolute Gasteiger partial charge is 0.477 e. The van der Waals surface area contributed by atoms with Gasteiger partial charge in [0, 0.05) is 12.9 Å². The molecule has 27 heavy (non-hydrogen) atoms. The summed E-state index contributed by atoms with van der Waals surface area (Å²) in [6.45, 7) is 1.69. The summed E-state index contributed by atoms with van der Waals surface area (Å²) in [5.41, 5.74) is 7.24. The van der Waals surface area contributed by atoms with E-state index in [2.05, 4.69) is 5.32 Å². The van der Waals surface area contributed by atoms with Crippen molar-refractivity contribution in [1.29, 1.82) is 0 Å². The number of carboxylic acids is 1. The summed E-state index contributed by atoms with van der Waals surface area (Å²) in [6.07, 6.45) is 0. The topological polar surface area (TPSA) is 133 Å². The highest BCUT2D eigenvalue weighted by Crippen LogP contribution is 2.40. The number of rotatable bonds is 4. The number of aliphatic hydroxyl groups excluding tert-OH is 1. The fourth-order valence-corrected chi connectivity index (χ4v) is 4.12. The molecule has 8 nitrogen and oxygen atoms in total. The van der Waals surface area contributed by atoms with Crippen LogP contribution in [0.5, 0.6) is 0 Å². The van der Waals surface area contributed by atoms with Crippen molar-refractivity contribution in [2.75, 3.05) is 12.9 Å². The van der Waals surface area contributed by atoms with Crippen LogP contribution in [0.15, 0.2) is 41.6 Å². The predicted molar refractivity (Wildman–Crippen MR) is 104 cm³/mol. The molecule has 0 aromatic heterocycles. The number of nitrogens with one attached hydrogen (secondary N) is 1. The summed E-state index contributed by atoms with van der Waals surface area (Å²) in [5, 5.41) is 18.5. The summed E-state index contributed by atoms with van der Waals surface area (Å²) >= 11 is 1.43. The predicted octanol–water partition coefficient (Wildman–Crippen LogP) is 0.475. The number of nitrogens with zero attached hydrogens (tertiary/aromatic N) is 1. The highest BCUT2D eigenvalue weighted by molar-refractivity contribution is 8.00. The second kappa shape index (κ2) is 9.75. The van der Waals surface area contributed by atoms with Crippen LogP contribution in [0.3, 0.4) is 0 Å². The highest BCUT2D eigenvalue weighted by Gasteiger charge is 2.53. The first-order chi connectivity index (χ1) is 12.4. The maximum atomic E-state index is 12.3. The van der Waals surface area contributed by atoms with Gasteiger partial charge in [0.1, 0.15) is 23.2 Å². The number of nitrogens with two attached hydrogens (primary N) is 1. The molecular weight excluding hydrogens is 394 g/mol.